The summed E-state index contributed by atoms with van der Waals surface area (Å²) in [7, 11) is -4.09. The molecule has 2 aromatic rings. The zero-order valence-electron chi connectivity index (χ0n) is 10.2. The molecule has 2 N–H and O–H groups in total. The summed E-state index contributed by atoms with van der Waals surface area (Å²) in [6, 6.07) is 5.60. The number of aromatic nitrogens is 1. The van der Waals surface area contributed by atoms with E-state index in [1.165, 1.54) is 6.07 Å². The second kappa shape index (κ2) is 5.54. The molecule has 0 bridgehead atoms. The summed E-state index contributed by atoms with van der Waals surface area (Å²) in [5.41, 5.74) is -1.17. The molecule has 1 aromatic carbocycles. The van der Waals surface area contributed by atoms with Gasteiger partial charge in [-0.1, -0.05) is 11.6 Å². The van der Waals surface area contributed by atoms with Crippen LogP contribution in [0.1, 0.15) is 0 Å². The molecule has 0 spiro atoms. The van der Waals surface area contributed by atoms with E-state index >= 15 is 0 Å². The fourth-order valence-corrected chi connectivity index (χ4v) is 2.72. The Kier molecular flexibility index (Phi) is 3.96. The maximum absolute atomic E-state index is 12.1. The molecule has 0 aliphatic rings. The van der Waals surface area contributed by atoms with Gasteiger partial charge in [0.05, 0.1) is 4.92 Å². The monoisotopic (exact) mass is 329 g/mol. The zero-order chi connectivity index (χ0) is 15.6. The number of nitro groups is 1. The molecular weight excluding hydrogens is 322 g/mol. The smallest absolute Gasteiger partial charge is 0.293 e. The Labute approximate surface area is 123 Å². The molecule has 0 fully saturated rings. The van der Waals surface area contributed by atoms with Gasteiger partial charge in [-0.25, -0.2) is 8.42 Å². The molecule has 10 heteroatoms. The lowest BCUT2D eigenvalue weighted by Gasteiger charge is -2.08. The molecule has 1 aromatic heterocycles. The zero-order valence-corrected chi connectivity index (χ0v) is 11.8. The first kappa shape index (κ1) is 15.0. The maximum Gasteiger partial charge on any atom is 0.293 e. The summed E-state index contributed by atoms with van der Waals surface area (Å²) >= 11 is 5.71. The van der Waals surface area contributed by atoms with Crippen LogP contribution in [0, 0.1) is 10.1 Å². The van der Waals surface area contributed by atoms with Gasteiger partial charge in [-0.3, -0.25) is 19.6 Å². The number of nitro benzene ring substituents is 1. The summed E-state index contributed by atoms with van der Waals surface area (Å²) in [6.45, 7) is 0. The molecule has 0 amide bonds. The topological polar surface area (TPSA) is 122 Å². The van der Waals surface area contributed by atoms with E-state index in [0.717, 1.165) is 30.5 Å². The van der Waals surface area contributed by atoms with Gasteiger partial charge in [-0.15, -0.1) is 0 Å². The van der Waals surface area contributed by atoms with E-state index in [2.05, 4.69) is 9.71 Å². The number of benzene rings is 1. The number of rotatable bonds is 4. The van der Waals surface area contributed by atoms with Crippen LogP contribution in [0.15, 0.2) is 46.2 Å². The molecule has 0 saturated heterocycles. The lowest BCUT2D eigenvalue weighted by molar-refractivity contribution is -0.383. The molecule has 0 radical (unpaired) electrons. The summed E-state index contributed by atoms with van der Waals surface area (Å²) in [5, 5.41) is 11.0. The SMILES string of the molecule is O=c1ccc(S(=O)(=O)Nc2cc(Cl)ccc2[N+](=O)[O-])c[nH]1. The maximum atomic E-state index is 12.1. The molecule has 0 aliphatic carbocycles. The Morgan fingerprint density at radius 3 is 2.52 bits per heavy atom. The molecular formula is C11H8ClN3O5S. The van der Waals surface area contributed by atoms with Crippen molar-refractivity contribution >= 4 is 33.0 Å². The third-order valence-electron chi connectivity index (χ3n) is 2.47. The summed E-state index contributed by atoms with van der Waals surface area (Å²) in [6.07, 6.45) is 0.987. The van der Waals surface area contributed by atoms with Crippen LogP contribution >= 0.6 is 11.6 Å². The molecule has 0 aliphatic heterocycles. The first-order valence-corrected chi connectivity index (χ1v) is 7.31. The van der Waals surface area contributed by atoms with E-state index in [1.807, 2.05) is 0 Å². The Morgan fingerprint density at radius 1 is 1.24 bits per heavy atom. The highest BCUT2D eigenvalue weighted by atomic mass is 35.5. The third kappa shape index (κ3) is 3.38. The minimum Gasteiger partial charge on any atom is -0.328 e. The van der Waals surface area contributed by atoms with Crippen molar-refractivity contribution in [1.29, 1.82) is 0 Å². The molecule has 1 heterocycles. The van der Waals surface area contributed by atoms with E-state index in [1.54, 1.807) is 0 Å². The van der Waals surface area contributed by atoms with Crippen molar-refractivity contribution in [3.05, 3.63) is 62.0 Å². The van der Waals surface area contributed by atoms with Crippen molar-refractivity contribution in [3.63, 3.8) is 0 Å². The minimum absolute atomic E-state index is 0.139. The first-order valence-electron chi connectivity index (χ1n) is 5.45. The Hall–Kier alpha value is -2.39. The highest BCUT2D eigenvalue weighted by molar-refractivity contribution is 7.92. The van der Waals surface area contributed by atoms with Crippen LogP contribution in [0.2, 0.25) is 5.02 Å². The number of hydrogen-bond donors (Lipinski definition) is 2. The van der Waals surface area contributed by atoms with Gasteiger partial charge in [0, 0.05) is 23.4 Å². The predicted octanol–water partition coefficient (Wildman–Crippen LogP) is 1.74. The Morgan fingerprint density at radius 2 is 1.95 bits per heavy atom. The van der Waals surface area contributed by atoms with Gasteiger partial charge in [-0.05, 0) is 18.2 Å². The van der Waals surface area contributed by atoms with E-state index in [9.17, 15) is 23.3 Å². The number of halogens is 1. The minimum atomic E-state index is -4.09. The third-order valence-corrected chi connectivity index (χ3v) is 4.06. The summed E-state index contributed by atoms with van der Waals surface area (Å²) < 4.78 is 26.3. The van der Waals surface area contributed by atoms with Crippen LogP contribution < -0.4 is 10.3 Å². The van der Waals surface area contributed by atoms with Gasteiger partial charge < -0.3 is 4.98 Å². The number of nitrogens with zero attached hydrogens (tertiary/aromatic N) is 1. The largest absolute Gasteiger partial charge is 0.328 e. The molecule has 2 rings (SSSR count). The van der Waals surface area contributed by atoms with Gasteiger partial charge in [0.15, 0.2) is 0 Å². The van der Waals surface area contributed by atoms with Crippen molar-refractivity contribution in [1.82, 2.24) is 4.98 Å². The molecule has 110 valence electrons. The van der Waals surface area contributed by atoms with Gasteiger partial charge in [0.2, 0.25) is 5.56 Å². The first-order chi connectivity index (χ1) is 9.79. The number of sulfonamides is 1. The number of hydrogen-bond acceptors (Lipinski definition) is 5. The highest BCUT2D eigenvalue weighted by Crippen LogP contribution is 2.29. The van der Waals surface area contributed by atoms with Crippen molar-refractivity contribution in [3.8, 4) is 0 Å². The summed E-state index contributed by atoms with van der Waals surface area (Å²) in [5.74, 6) is 0. The van der Waals surface area contributed by atoms with E-state index in [0.29, 0.717) is 0 Å². The van der Waals surface area contributed by atoms with Crippen molar-refractivity contribution in [2.24, 2.45) is 0 Å². The second-order valence-electron chi connectivity index (χ2n) is 3.91. The normalized spacial score (nSPS) is 11.1. The van der Waals surface area contributed by atoms with Gasteiger partial charge in [0.1, 0.15) is 10.6 Å². The predicted molar refractivity (Wildman–Crippen MR) is 76.0 cm³/mol. The van der Waals surface area contributed by atoms with E-state index in [4.69, 9.17) is 11.6 Å². The van der Waals surface area contributed by atoms with Crippen LogP contribution in [0.4, 0.5) is 11.4 Å². The van der Waals surface area contributed by atoms with Gasteiger partial charge >= 0.3 is 0 Å². The average molecular weight is 330 g/mol. The van der Waals surface area contributed by atoms with Crippen LogP contribution in [0.3, 0.4) is 0 Å². The number of anilines is 1. The fraction of sp³-hybridized carbons (Fsp3) is 0. The van der Waals surface area contributed by atoms with Crippen LogP contribution in [0.25, 0.3) is 0 Å². The highest BCUT2D eigenvalue weighted by Gasteiger charge is 2.21. The number of pyridine rings is 1. The fourth-order valence-electron chi connectivity index (χ4n) is 1.52. The quantitative estimate of drug-likeness (QED) is 0.653. The van der Waals surface area contributed by atoms with E-state index < -0.39 is 26.2 Å². The average Bonchev–Trinajstić information content (AvgIpc) is 2.38. The second-order valence-corrected chi connectivity index (χ2v) is 6.03. The Bertz CT molecular complexity index is 842. The van der Waals surface area contributed by atoms with Crippen LogP contribution in [0.5, 0.6) is 0 Å². The van der Waals surface area contributed by atoms with Crippen LogP contribution in [-0.2, 0) is 10.0 Å². The van der Waals surface area contributed by atoms with Gasteiger partial charge in [0.25, 0.3) is 15.7 Å². The lowest BCUT2D eigenvalue weighted by Crippen LogP contribution is -2.16. The van der Waals surface area contributed by atoms with Crippen molar-refractivity contribution in [2.45, 2.75) is 4.90 Å². The van der Waals surface area contributed by atoms with Crippen LogP contribution in [-0.4, -0.2) is 18.3 Å². The summed E-state index contributed by atoms with van der Waals surface area (Å²) in [4.78, 5) is 23.0. The number of aromatic amines is 1. The molecule has 0 saturated carbocycles. The van der Waals surface area contributed by atoms with Crippen molar-refractivity contribution in [2.75, 3.05) is 4.72 Å². The molecule has 8 nitrogen and oxygen atoms in total. The van der Waals surface area contributed by atoms with Crippen molar-refractivity contribution < 1.29 is 13.3 Å². The number of nitrogens with one attached hydrogen (secondary N) is 2. The molecule has 0 unspecified atom stereocenters. The van der Waals surface area contributed by atoms with Gasteiger partial charge in [-0.2, -0.15) is 0 Å². The molecule has 21 heavy (non-hydrogen) atoms. The Balaban J connectivity index is 2.45. The standard InChI is InChI=1S/C11H8ClN3O5S/c12-7-1-3-10(15(17)18)9(5-7)14-21(19,20)8-2-4-11(16)13-6-8/h1-6,14H,(H,13,16). The molecule has 0 atom stereocenters. The van der Waals surface area contributed by atoms with E-state index in [-0.39, 0.29) is 15.6 Å². The number of H-pyrrole nitrogens is 1. The lowest BCUT2D eigenvalue weighted by atomic mass is 10.3.